The summed E-state index contributed by atoms with van der Waals surface area (Å²) in [7, 11) is -3.61. The Hall–Kier alpha value is -2.79. The Morgan fingerprint density at radius 1 is 0.821 bits per heavy atom. The third-order valence-corrected chi connectivity index (χ3v) is 5.80. The molecule has 0 radical (unpaired) electrons. The SMILES string of the molecule is CCCCc1ccc(S(=O)(=O)Nc2ccc(OCc3ccccc3)cc2)cc1. The van der Waals surface area contributed by atoms with Gasteiger partial charge in [-0.25, -0.2) is 8.42 Å². The molecular formula is C23H25NO3S. The Bertz CT molecular complexity index is 967. The molecule has 0 heterocycles. The van der Waals surface area contributed by atoms with Gasteiger partial charge in [-0.05, 0) is 60.4 Å². The second kappa shape index (κ2) is 9.42. The van der Waals surface area contributed by atoms with E-state index < -0.39 is 10.0 Å². The number of unbranched alkanes of at least 4 members (excludes halogenated alkanes) is 1. The van der Waals surface area contributed by atoms with Gasteiger partial charge in [0.25, 0.3) is 10.0 Å². The Morgan fingerprint density at radius 2 is 1.50 bits per heavy atom. The lowest BCUT2D eigenvalue weighted by Gasteiger charge is -2.10. The number of rotatable bonds is 9. The normalized spacial score (nSPS) is 11.2. The number of ether oxygens (including phenoxy) is 1. The molecule has 0 amide bonds. The quantitative estimate of drug-likeness (QED) is 0.527. The monoisotopic (exact) mass is 395 g/mol. The van der Waals surface area contributed by atoms with Crippen LogP contribution in [0.25, 0.3) is 0 Å². The van der Waals surface area contributed by atoms with Crippen molar-refractivity contribution in [3.8, 4) is 5.75 Å². The van der Waals surface area contributed by atoms with E-state index in [9.17, 15) is 8.42 Å². The first-order valence-electron chi connectivity index (χ1n) is 9.45. The van der Waals surface area contributed by atoms with Gasteiger partial charge in [0.15, 0.2) is 0 Å². The maximum absolute atomic E-state index is 12.6. The Kier molecular flexibility index (Phi) is 6.71. The highest BCUT2D eigenvalue weighted by atomic mass is 32.2. The lowest BCUT2D eigenvalue weighted by Crippen LogP contribution is -2.12. The largest absolute Gasteiger partial charge is 0.489 e. The van der Waals surface area contributed by atoms with Gasteiger partial charge in [0.05, 0.1) is 4.90 Å². The maximum atomic E-state index is 12.6. The fraction of sp³-hybridized carbons (Fsp3) is 0.217. The van der Waals surface area contributed by atoms with Crippen molar-refractivity contribution in [2.45, 2.75) is 37.7 Å². The third kappa shape index (κ3) is 5.60. The van der Waals surface area contributed by atoms with Crippen molar-refractivity contribution in [1.82, 2.24) is 0 Å². The highest BCUT2D eigenvalue weighted by Crippen LogP contribution is 2.21. The average Bonchev–Trinajstić information content (AvgIpc) is 2.72. The van der Waals surface area contributed by atoms with Crippen molar-refractivity contribution >= 4 is 15.7 Å². The minimum atomic E-state index is -3.61. The van der Waals surface area contributed by atoms with Gasteiger partial charge in [0.1, 0.15) is 12.4 Å². The van der Waals surface area contributed by atoms with Crippen LogP contribution in [-0.4, -0.2) is 8.42 Å². The highest BCUT2D eigenvalue weighted by Gasteiger charge is 2.14. The van der Waals surface area contributed by atoms with Crippen LogP contribution in [0.15, 0.2) is 83.8 Å². The molecule has 5 heteroatoms. The number of aryl methyl sites for hydroxylation is 1. The smallest absolute Gasteiger partial charge is 0.261 e. The molecule has 0 aliphatic rings. The Morgan fingerprint density at radius 3 is 2.14 bits per heavy atom. The van der Waals surface area contributed by atoms with Crippen LogP contribution >= 0.6 is 0 Å². The van der Waals surface area contributed by atoms with Crippen molar-refractivity contribution in [2.75, 3.05) is 4.72 Å². The summed E-state index contributed by atoms with van der Waals surface area (Å²) in [6.45, 7) is 2.61. The first-order chi connectivity index (χ1) is 13.6. The first-order valence-corrected chi connectivity index (χ1v) is 10.9. The van der Waals surface area contributed by atoms with Crippen molar-refractivity contribution < 1.29 is 13.2 Å². The summed E-state index contributed by atoms with van der Waals surface area (Å²) in [6, 6.07) is 23.9. The summed E-state index contributed by atoms with van der Waals surface area (Å²) in [5.74, 6) is 0.687. The number of benzene rings is 3. The molecule has 3 aromatic carbocycles. The zero-order valence-electron chi connectivity index (χ0n) is 16.0. The lowest BCUT2D eigenvalue weighted by molar-refractivity contribution is 0.306. The van der Waals surface area contributed by atoms with Gasteiger partial charge in [-0.3, -0.25) is 4.72 Å². The van der Waals surface area contributed by atoms with Crippen LogP contribution in [0.2, 0.25) is 0 Å². The minimum Gasteiger partial charge on any atom is -0.489 e. The standard InChI is InChI=1S/C23H25NO3S/c1-2-3-7-19-10-16-23(17-11-19)28(25,26)24-21-12-14-22(15-13-21)27-18-20-8-5-4-6-9-20/h4-6,8-17,24H,2-3,7,18H2,1H3. The Balaban J connectivity index is 1.60. The van der Waals surface area contributed by atoms with Gasteiger partial charge in [-0.1, -0.05) is 55.8 Å². The zero-order valence-corrected chi connectivity index (χ0v) is 16.8. The van der Waals surface area contributed by atoms with Gasteiger partial charge in [-0.15, -0.1) is 0 Å². The van der Waals surface area contributed by atoms with E-state index in [1.54, 1.807) is 36.4 Å². The number of sulfonamides is 1. The average molecular weight is 396 g/mol. The van der Waals surface area contributed by atoms with E-state index in [1.165, 1.54) is 0 Å². The van der Waals surface area contributed by atoms with Crippen LogP contribution in [0, 0.1) is 0 Å². The first kappa shape index (κ1) is 20.0. The van der Waals surface area contributed by atoms with E-state index in [2.05, 4.69) is 11.6 Å². The second-order valence-electron chi connectivity index (χ2n) is 6.65. The van der Waals surface area contributed by atoms with E-state index >= 15 is 0 Å². The van der Waals surface area contributed by atoms with E-state index in [1.807, 2.05) is 42.5 Å². The molecule has 0 atom stereocenters. The van der Waals surface area contributed by atoms with Gasteiger partial charge < -0.3 is 4.74 Å². The lowest BCUT2D eigenvalue weighted by atomic mass is 10.1. The summed E-state index contributed by atoms with van der Waals surface area (Å²) >= 11 is 0. The summed E-state index contributed by atoms with van der Waals surface area (Å²) in [5.41, 5.74) is 2.73. The third-order valence-electron chi connectivity index (χ3n) is 4.41. The molecule has 0 saturated carbocycles. The summed E-state index contributed by atoms with van der Waals surface area (Å²) < 4.78 is 33.5. The molecule has 0 spiro atoms. The van der Waals surface area contributed by atoms with Crippen LogP contribution in [0.3, 0.4) is 0 Å². The van der Waals surface area contributed by atoms with Crippen LogP contribution in [0.1, 0.15) is 30.9 Å². The molecule has 0 aliphatic carbocycles. The summed E-state index contributed by atoms with van der Waals surface area (Å²) in [6.07, 6.45) is 3.18. The highest BCUT2D eigenvalue weighted by molar-refractivity contribution is 7.92. The summed E-state index contributed by atoms with van der Waals surface area (Å²) in [4.78, 5) is 0.261. The van der Waals surface area contributed by atoms with Crippen molar-refractivity contribution in [1.29, 1.82) is 0 Å². The zero-order chi connectivity index (χ0) is 19.8. The molecule has 0 aliphatic heterocycles. The number of hydrogen-bond acceptors (Lipinski definition) is 3. The molecule has 0 aromatic heterocycles. The molecule has 1 N–H and O–H groups in total. The number of anilines is 1. The fourth-order valence-corrected chi connectivity index (χ4v) is 3.85. The number of nitrogens with one attached hydrogen (secondary N) is 1. The van der Waals surface area contributed by atoms with Gasteiger partial charge in [-0.2, -0.15) is 0 Å². The Labute approximate surface area is 167 Å². The van der Waals surface area contributed by atoms with Crippen molar-refractivity contribution in [3.05, 3.63) is 90.0 Å². The number of hydrogen-bond donors (Lipinski definition) is 1. The van der Waals surface area contributed by atoms with E-state index in [0.29, 0.717) is 18.0 Å². The van der Waals surface area contributed by atoms with E-state index in [4.69, 9.17) is 4.74 Å². The van der Waals surface area contributed by atoms with Crippen LogP contribution in [0.4, 0.5) is 5.69 Å². The van der Waals surface area contributed by atoms with Crippen LogP contribution in [-0.2, 0) is 23.1 Å². The van der Waals surface area contributed by atoms with Crippen LogP contribution < -0.4 is 9.46 Å². The molecule has 0 unspecified atom stereocenters. The van der Waals surface area contributed by atoms with Gasteiger partial charge >= 0.3 is 0 Å². The topological polar surface area (TPSA) is 55.4 Å². The fourth-order valence-electron chi connectivity index (χ4n) is 2.79. The molecule has 0 saturated heterocycles. The molecule has 3 aromatic rings. The molecule has 4 nitrogen and oxygen atoms in total. The van der Waals surface area contributed by atoms with E-state index in [0.717, 1.165) is 30.4 Å². The predicted octanol–water partition coefficient (Wildman–Crippen LogP) is 5.41. The molecule has 146 valence electrons. The van der Waals surface area contributed by atoms with E-state index in [-0.39, 0.29) is 4.90 Å². The molecule has 0 bridgehead atoms. The van der Waals surface area contributed by atoms with Crippen molar-refractivity contribution in [3.63, 3.8) is 0 Å². The summed E-state index contributed by atoms with van der Waals surface area (Å²) in [5, 5.41) is 0. The molecule has 3 rings (SSSR count). The molecule has 28 heavy (non-hydrogen) atoms. The molecule has 0 fully saturated rings. The van der Waals surface area contributed by atoms with Gasteiger partial charge in [0.2, 0.25) is 0 Å². The predicted molar refractivity (Wildman–Crippen MR) is 113 cm³/mol. The van der Waals surface area contributed by atoms with Crippen LogP contribution in [0.5, 0.6) is 5.75 Å². The second-order valence-corrected chi connectivity index (χ2v) is 8.33. The van der Waals surface area contributed by atoms with Crippen molar-refractivity contribution in [2.24, 2.45) is 0 Å². The maximum Gasteiger partial charge on any atom is 0.261 e. The molecular weight excluding hydrogens is 370 g/mol. The van der Waals surface area contributed by atoms with Gasteiger partial charge in [0, 0.05) is 5.69 Å². The minimum absolute atomic E-state index is 0.261.